The number of ether oxygens (including phenoxy) is 3. The van der Waals surface area contributed by atoms with Crippen LogP contribution in [0.15, 0.2) is 119 Å². The Kier molecular flexibility index (Phi) is 12.4. The number of nitrogens with zero attached hydrogens (tertiary/aromatic N) is 6. The SMILES string of the molecule is COc1ccc(C[C@H](NC(=O)OC(C)(C)C)C(=O)Nc2noc(-c3ccc4c(-c5cc(C[C@H](N)CNc6noc(-c7ccc8cnccc8c7)n6)ccc5OC)nccc4c3)n2)cc1. The molecule has 326 valence electrons. The second-order valence-corrected chi connectivity index (χ2v) is 16.0. The van der Waals surface area contributed by atoms with E-state index in [-0.39, 0.29) is 24.3 Å². The fourth-order valence-corrected chi connectivity index (χ4v) is 7.06. The zero-order valence-corrected chi connectivity index (χ0v) is 35.8. The molecule has 64 heavy (non-hydrogen) atoms. The molecular formula is C47H46N10O7. The van der Waals surface area contributed by atoms with Gasteiger partial charge in [-0.05, 0) is 120 Å². The molecule has 0 bridgehead atoms. The molecule has 0 saturated heterocycles. The van der Waals surface area contributed by atoms with E-state index < -0.39 is 23.6 Å². The number of anilines is 2. The fraction of sp³-hybridized carbons (Fsp3) is 0.234. The molecule has 8 aromatic rings. The number of rotatable bonds is 15. The number of carbonyl (C=O) groups is 2. The summed E-state index contributed by atoms with van der Waals surface area (Å²) in [5.74, 6) is 1.59. The van der Waals surface area contributed by atoms with Gasteiger partial charge in [-0.25, -0.2) is 4.79 Å². The van der Waals surface area contributed by atoms with E-state index >= 15 is 0 Å². The molecule has 0 aliphatic carbocycles. The first-order chi connectivity index (χ1) is 30.9. The van der Waals surface area contributed by atoms with Crippen LogP contribution in [0.1, 0.15) is 31.9 Å². The van der Waals surface area contributed by atoms with Crippen LogP contribution in [0.25, 0.3) is 55.7 Å². The van der Waals surface area contributed by atoms with Crippen LogP contribution < -0.4 is 31.2 Å². The predicted octanol–water partition coefficient (Wildman–Crippen LogP) is 7.62. The monoisotopic (exact) mass is 862 g/mol. The van der Waals surface area contributed by atoms with Gasteiger partial charge in [-0.1, -0.05) is 30.3 Å². The topological polar surface area (TPSA) is 228 Å². The molecule has 0 aliphatic rings. The molecule has 0 radical (unpaired) electrons. The highest BCUT2D eigenvalue weighted by Gasteiger charge is 2.26. The Morgan fingerprint density at radius 1 is 0.750 bits per heavy atom. The van der Waals surface area contributed by atoms with Gasteiger partial charge >= 0.3 is 6.09 Å². The summed E-state index contributed by atoms with van der Waals surface area (Å²) in [6, 6.07) is 27.1. The van der Waals surface area contributed by atoms with Crippen molar-refractivity contribution in [2.24, 2.45) is 5.73 Å². The van der Waals surface area contributed by atoms with Crippen molar-refractivity contribution < 1.29 is 32.8 Å². The van der Waals surface area contributed by atoms with Gasteiger partial charge in [-0.2, -0.15) is 9.97 Å². The first-order valence-corrected chi connectivity index (χ1v) is 20.4. The lowest BCUT2D eigenvalue weighted by Gasteiger charge is -2.23. The molecule has 2 amide bonds. The first-order valence-electron chi connectivity index (χ1n) is 20.4. The molecule has 0 fully saturated rings. The largest absolute Gasteiger partial charge is 0.497 e. The van der Waals surface area contributed by atoms with Gasteiger partial charge in [0.1, 0.15) is 23.1 Å². The van der Waals surface area contributed by atoms with E-state index in [1.54, 1.807) is 65.7 Å². The number of fused-ring (bicyclic) bond motifs is 2. The van der Waals surface area contributed by atoms with E-state index in [0.717, 1.165) is 43.8 Å². The molecule has 4 aromatic heterocycles. The highest BCUT2D eigenvalue weighted by Crippen LogP contribution is 2.36. The molecule has 0 spiro atoms. The number of alkyl carbamates (subject to hydrolysis) is 1. The van der Waals surface area contributed by atoms with Gasteiger partial charge in [-0.15, -0.1) is 0 Å². The third kappa shape index (κ3) is 10.2. The lowest BCUT2D eigenvalue weighted by atomic mass is 9.97. The Labute approximate surface area is 367 Å². The smallest absolute Gasteiger partial charge is 0.408 e. The Morgan fingerprint density at radius 2 is 1.45 bits per heavy atom. The van der Waals surface area contributed by atoms with Crippen LogP contribution in [0.2, 0.25) is 0 Å². The van der Waals surface area contributed by atoms with Crippen LogP contribution in [0, 0.1) is 0 Å². The Morgan fingerprint density at radius 3 is 2.20 bits per heavy atom. The first kappa shape index (κ1) is 42.8. The molecular weight excluding hydrogens is 817 g/mol. The number of hydrogen-bond donors (Lipinski definition) is 4. The highest BCUT2D eigenvalue weighted by atomic mass is 16.6. The molecule has 0 aliphatic heterocycles. The van der Waals surface area contributed by atoms with Crippen LogP contribution >= 0.6 is 0 Å². The van der Waals surface area contributed by atoms with E-state index in [2.05, 4.69) is 41.2 Å². The maximum atomic E-state index is 13.6. The molecule has 4 aromatic carbocycles. The maximum absolute atomic E-state index is 13.6. The van der Waals surface area contributed by atoms with Crippen molar-refractivity contribution in [1.29, 1.82) is 0 Å². The van der Waals surface area contributed by atoms with Gasteiger partial charge in [0.2, 0.25) is 5.91 Å². The lowest BCUT2D eigenvalue weighted by Crippen LogP contribution is -2.47. The fourth-order valence-electron chi connectivity index (χ4n) is 7.06. The van der Waals surface area contributed by atoms with Crippen molar-refractivity contribution >= 4 is 45.4 Å². The molecule has 0 unspecified atom stereocenters. The van der Waals surface area contributed by atoms with Crippen molar-refractivity contribution in [1.82, 2.24) is 35.6 Å². The number of hydrogen-bond acceptors (Lipinski definition) is 15. The maximum Gasteiger partial charge on any atom is 0.408 e. The van der Waals surface area contributed by atoms with Gasteiger partial charge in [0.05, 0.1) is 19.9 Å². The van der Waals surface area contributed by atoms with Crippen LogP contribution in [0.5, 0.6) is 11.5 Å². The minimum atomic E-state index is -1.02. The Balaban J connectivity index is 0.943. The molecule has 4 heterocycles. The van der Waals surface area contributed by atoms with Crippen molar-refractivity contribution in [3.63, 3.8) is 0 Å². The second kappa shape index (κ2) is 18.6. The number of pyridine rings is 2. The number of methoxy groups -OCH3 is 2. The Hall–Kier alpha value is -7.92. The number of nitrogens with one attached hydrogen (secondary N) is 3. The summed E-state index contributed by atoms with van der Waals surface area (Å²) >= 11 is 0. The van der Waals surface area contributed by atoms with E-state index in [9.17, 15) is 9.59 Å². The molecule has 5 N–H and O–H groups in total. The average Bonchev–Trinajstić information content (AvgIpc) is 3.97. The van der Waals surface area contributed by atoms with Crippen LogP contribution in [-0.2, 0) is 22.4 Å². The summed E-state index contributed by atoms with van der Waals surface area (Å²) in [6.45, 7) is 5.62. The minimum Gasteiger partial charge on any atom is -0.497 e. The van der Waals surface area contributed by atoms with Crippen molar-refractivity contribution in [3.05, 3.63) is 121 Å². The molecule has 2 atom stereocenters. The number of aromatic nitrogens is 6. The van der Waals surface area contributed by atoms with Crippen molar-refractivity contribution in [2.45, 2.75) is 51.3 Å². The van der Waals surface area contributed by atoms with Crippen molar-refractivity contribution in [3.8, 4) is 45.7 Å². The quantitative estimate of drug-likeness (QED) is 0.0777. The third-order valence-corrected chi connectivity index (χ3v) is 10.1. The van der Waals surface area contributed by atoms with E-state index in [0.29, 0.717) is 47.6 Å². The van der Waals surface area contributed by atoms with E-state index in [1.165, 1.54) is 0 Å². The van der Waals surface area contributed by atoms with Crippen molar-refractivity contribution in [2.75, 3.05) is 31.4 Å². The van der Waals surface area contributed by atoms with Gasteiger partial charge < -0.3 is 39.6 Å². The summed E-state index contributed by atoms with van der Waals surface area (Å²) in [5, 5.41) is 20.4. The zero-order valence-electron chi connectivity index (χ0n) is 35.8. The number of amides is 2. The number of benzene rings is 4. The normalized spacial score (nSPS) is 12.4. The van der Waals surface area contributed by atoms with Gasteiger partial charge in [0, 0.05) is 65.1 Å². The lowest BCUT2D eigenvalue weighted by molar-refractivity contribution is -0.118. The summed E-state index contributed by atoms with van der Waals surface area (Å²) in [4.78, 5) is 44.2. The summed E-state index contributed by atoms with van der Waals surface area (Å²) < 4.78 is 27.6. The summed E-state index contributed by atoms with van der Waals surface area (Å²) in [7, 11) is 3.19. The summed E-state index contributed by atoms with van der Waals surface area (Å²) in [5.41, 5.74) is 10.5. The van der Waals surface area contributed by atoms with Crippen LogP contribution in [0.3, 0.4) is 0 Å². The van der Waals surface area contributed by atoms with E-state index in [4.69, 9.17) is 34.0 Å². The molecule has 0 saturated carbocycles. The van der Waals surface area contributed by atoms with Gasteiger partial charge in [-0.3, -0.25) is 20.1 Å². The average molecular weight is 863 g/mol. The highest BCUT2D eigenvalue weighted by molar-refractivity contribution is 5.98. The molecule has 17 nitrogen and oxygen atoms in total. The minimum absolute atomic E-state index is 0.0719. The third-order valence-electron chi connectivity index (χ3n) is 10.1. The molecule has 17 heteroatoms. The van der Waals surface area contributed by atoms with Gasteiger partial charge in [0.25, 0.3) is 23.7 Å². The number of nitrogens with two attached hydrogens (primary N) is 1. The Bertz CT molecular complexity index is 2930. The predicted molar refractivity (Wildman–Crippen MR) is 241 cm³/mol. The molecule has 8 rings (SSSR count). The number of carbonyl (C=O) groups excluding carboxylic acids is 2. The van der Waals surface area contributed by atoms with Crippen LogP contribution in [0.4, 0.5) is 16.7 Å². The zero-order chi connectivity index (χ0) is 44.8. The second-order valence-electron chi connectivity index (χ2n) is 16.0. The van der Waals surface area contributed by atoms with Gasteiger partial charge in [0.15, 0.2) is 0 Å². The summed E-state index contributed by atoms with van der Waals surface area (Å²) in [6.07, 6.45) is 5.23. The standard InChI is InChI=1S/C47H46N10O7/c1-47(2,3)62-46(59)52-38(22-27-6-12-35(60-4)13-7-27)41(58)53-45-55-43(64-57-45)32-11-14-36-30(24-32)17-19-50-40(36)37-21-28(8-15-39(37)61-5)20-34(48)26-51-44-54-42(63-56-44)31-9-10-33-25-49-18-16-29(33)23-31/h6-19,21,23-25,34,38H,20,22,26,48H2,1-5H3,(H,51,56)(H,52,59)(H,53,57,58)/t34-,38-/m0/s1. The van der Waals surface area contributed by atoms with Crippen LogP contribution in [-0.4, -0.2) is 80.7 Å². The van der Waals surface area contributed by atoms with E-state index in [1.807, 2.05) is 78.9 Å².